The molecule has 1 N–H and O–H groups in total. The molecule has 2 atom stereocenters. The molecule has 3 saturated heterocycles. The molecular weight excluding hydrogens is 357 g/mol. The minimum atomic E-state index is -0.341. The number of nitrogens with zero attached hydrogens (tertiary/aromatic N) is 2. The number of rotatable bonds is 3. The van der Waals surface area contributed by atoms with E-state index >= 15 is 0 Å². The van der Waals surface area contributed by atoms with Crippen molar-refractivity contribution < 1.29 is 14.0 Å². The van der Waals surface area contributed by atoms with Gasteiger partial charge in [0, 0.05) is 49.7 Å². The Morgan fingerprint density at radius 1 is 1.25 bits per heavy atom. The molecule has 4 fully saturated rings. The highest BCUT2D eigenvalue weighted by molar-refractivity contribution is 5.94. The van der Waals surface area contributed by atoms with Crippen LogP contribution < -0.4 is 5.32 Å². The lowest BCUT2D eigenvalue weighted by Crippen LogP contribution is -2.56. The van der Waals surface area contributed by atoms with E-state index in [4.69, 9.17) is 0 Å². The van der Waals surface area contributed by atoms with Crippen LogP contribution in [0.4, 0.5) is 4.39 Å². The molecule has 150 valence electrons. The number of fused-ring (bicyclic) bond motifs is 2. The topological polar surface area (TPSA) is 52.7 Å². The molecule has 2 amide bonds. The van der Waals surface area contributed by atoms with Crippen LogP contribution in [-0.4, -0.2) is 59.9 Å². The van der Waals surface area contributed by atoms with Crippen molar-refractivity contribution in [3.8, 4) is 0 Å². The van der Waals surface area contributed by atoms with Crippen molar-refractivity contribution >= 4 is 11.8 Å². The Morgan fingerprint density at radius 2 is 2.00 bits per heavy atom. The van der Waals surface area contributed by atoms with Gasteiger partial charge in [0.15, 0.2) is 0 Å². The number of carbonyl (C=O) groups excluding carboxylic acids is 2. The first-order chi connectivity index (χ1) is 13.4. The molecule has 28 heavy (non-hydrogen) atoms. The molecule has 4 aliphatic rings. The lowest BCUT2D eigenvalue weighted by atomic mass is 9.75. The molecule has 0 unspecified atom stereocenters. The summed E-state index contributed by atoms with van der Waals surface area (Å²) in [6.07, 6.45) is 4.24. The van der Waals surface area contributed by atoms with E-state index in [-0.39, 0.29) is 29.1 Å². The Balaban J connectivity index is 1.26. The highest BCUT2D eigenvalue weighted by Crippen LogP contribution is 2.45. The number of benzene rings is 1. The van der Waals surface area contributed by atoms with Crippen LogP contribution in [0.1, 0.15) is 41.6 Å². The van der Waals surface area contributed by atoms with Gasteiger partial charge < -0.3 is 15.1 Å². The summed E-state index contributed by atoms with van der Waals surface area (Å²) in [5, 5.41) is 3.31. The molecule has 1 saturated carbocycles. The van der Waals surface area contributed by atoms with Gasteiger partial charge in [-0.1, -0.05) is 6.07 Å². The summed E-state index contributed by atoms with van der Waals surface area (Å²) in [5.41, 5.74) is 0.782. The van der Waals surface area contributed by atoms with Crippen molar-refractivity contribution in [1.29, 1.82) is 0 Å². The zero-order valence-corrected chi connectivity index (χ0v) is 16.4. The van der Waals surface area contributed by atoms with Crippen LogP contribution in [0, 0.1) is 30.5 Å². The maximum absolute atomic E-state index is 13.8. The maximum Gasteiger partial charge on any atom is 0.253 e. The third kappa shape index (κ3) is 3.02. The van der Waals surface area contributed by atoms with E-state index in [2.05, 4.69) is 10.2 Å². The Bertz CT molecular complexity index is 814. The standard InChI is InChI=1S/C22H28FN3O2/c1-14-2-5-16(10-19(14)23)21(28)26-8-6-22(7-9-26)18-13-25(11-15-3-4-15)12-17(18)20(27)24-22/h2,5,10,15,17-18H,3-4,6-9,11-13H2,1H3,(H,24,27)/t17-,18+/m1/s1. The largest absolute Gasteiger partial charge is 0.350 e. The lowest BCUT2D eigenvalue weighted by molar-refractivity contribution is -0.123. The van der Waals surface area contributed by atoms with E-state index in [1.54, 1.807) is 19.1 Å². The lowest BCUT2D eigenvalue weighted by Gasteiger charge is -2.42. The Hall–Kier alpha value is -1.95. The molecule has 1 aromatic rings. The Labute approximate surface area is 165 Å². The van der Waals surface area contributed by atoms with Crippen LogP contribution in [0.2, 0.25) is 0 Å². The normalized spacial score (nSPS) is 29.2. The van der Waals surface area contributed by atoms with Gasteiger partial charge in [-0.05, 0) is 56.2 Å². The number of halogens is 1. The molecular formula is C22H28FN3O2. The van der Waals surface area contributed by atoms with Crippen molar-refractivity contribution in [1.82, 2.24) is 15.1 Å². The third-order valence-electron chi connectivity index (χ3n) is 7.39. The second-order valence-corrected chi connectivity index (χ2v) is 9.28. The number of nitrogens with one attached hydrogen (secondary N) is 1. The fourth-order valence-electron chi connectivity index (χ4n) is 5.47. The average molecular weight is 385 g/mol. The molecule has 6 heteroatoms. The highest BCUT2D eigenvalue weighted by atomic mass is 19.1. The van der Waals surface area contributed by atoms with Crippen LogP contribution in [0.25, 0.3) is 0 Å². The monoisotopic (exact) mass is 385 g/mol. The molecule has 3 heterocycles. The average Bonchev–Trinajstić information content (AvgIpc) is 3.33. The third-order valence-corrected chi connectivity index (χ3v) is 7.39. The molecule has 0 radical (unpaired) electrons. The van der Waals surface area contributed by atoms with E-state index in [1.807, 2.05) is 4.90 Å². The van der Waals surface area contributed by atoms with Crippen LogP contribution in [-0.2, 0) is 4.79 Å². The van der Waals surface area contributed by atoms with Crippen LogP contribution in [0.15, 0.2) is 18.2 Å². The molecule has 0 bridgehead atoms. The van der Waals surface area contributed by atoms with Gasteiger partial charge in [-0.2, -0.15) is 0 Å². The summed E-state index contributed by atoms with van der Waals surface area (Å²) >= 11 is 0. The van der Waals surface area contributed by atoms with Gasteiger partial charge in [0.2, 0.25) is 5.91 Å². The van der Waals surface area contributed by atoms with E-state index < -0.39 is 0 Å². The first-order valence-corrected chi connectivity index (χ1v) is 10.5. The molecule has 1 spiro atoms. The number of piperidine rings is 1. The number of amides is 2. The highest BCUT2D eigenvalue weighted by Gasteiger charge is 2.57. The predicted octanol–water partition coefficient (Wildman–Crippen LogP) is 2.20. The molecule has 3 aliphatic heterocycles. The smallest absolute Gasteiger partial charge is 0.253 e. The summed E-state index contributed by atoms with van der Waals surface area (Å²) in [6, 6.07) is 4.69. The molecule has 1 aromatic carbocycles. The zero-order chi connectivity index (χ0) is 19.5. The van der Waals surface area contributed by atoms with Crippen molar-refractivity contribution in [3.05, 3.63) is 35.1 Å². The minimum Gasteiger partial charge on any atom is -0.350 e. The van der Waals surface area contributed by atoms with Crippen molar-refractivity contribution in [2.45, 2.75) is 38.1 Å². The van der Waals surface area contributed by atoms with Crippen molar-refractivity contribution in [3.63, 3.8) is 0 Å². The quantitative estimate of drug-likeness (QED) is 0.868. The van der Waals surface area contributed by atoms with Gasteiger partial charge in [-0.25, -0.2) is 4.39 Å². The molecule has 5 nitrogen and oxygen atoms in total. The number of aryl methyl sites for hydroxylation is 1. The summed E-state index contributed by atoms with van der Waals surface area (Å²) in [5.74, 6) is 1.04. The first kappa shape index (κ1) is 18.1. The number of likely N-dealkylation sites (tertiary alicyclic amines) is 2. The zero-order valence-electron chi connectivity index (χ0n) is 16.4. The molecule has 1 aliphatic carbocycles. The second-order valence-electron chi connectivity index (χ2n) is 9.28. The first-order valence-electron chi connectivity index (χ1n) is 10.5. The van der Waals surface area contributed by atoms with Gasteiger partial charge >= 0.3 is 0 Å². The molecule has 0 aromatic heterocycles. The predicted molar refractivity (Wildman–Crippen MR) is 103 cm³/mol. The van der Waals surface area contributed by atoms with Crippen molar-refractivity contribution in [2.24, 2.45) is 17.8 Å². The number of hydrogen-bond acceptors (Lipinski definition) is 3. The van der Waals surface area contributed by atoms with Gasteiger partial charge in [0.1, 0.15) is 5.82 Å². The summed E-state index contributed by atoms with van der Waals surface area (Å²) in [6.45, 7) is 5.94. The molecule has 5 rings (SSSR count). The van der Waals surface area contributed by atoms with Gasteiger partial charge in [-0.15, -0.1) is 0 Å². The van der Waals surface area contributed by atoms with E-state index in [0.717, 1.165) is 38.4 Å². The summed E-state index contributed by atoms with van der Waals surface area (Å²) in [7, 11) is 0. The second kappa shape index (κ2) is 6.55. The SMILES string of the molecule is Cc1ccc(C(=O)N2CCC3(CC2)NC(=O)[C@@H]2CN(CC4CC4)C[C@@H]23)cc1F. The van der Waals surface area contributed by atoms with E-state index in [1.165, 1.54) is 18.9 Å². The van der Waals surface area contributed by atoms with Gasteiger partial charge in [0.05, 0.1) is 5.92 Å². The van der Waals surface area contributed by atoms with E-state index in [0.29, 0.717) is 30.1 Å². The van der Waals surface area contributed by atoms with Gasteiger partial charge in [0.25, 0.3) is 5.91 Å². The Kier molecular flexibility index (Phi) is 4.23. The van der Waals surface area contributed by atoms with Crippen molar-refractivity contribution in [2.75, 3.05) is 32.7 Å². The fraction of sp³-hybridized carbons (Fsp3) is 0.636. The summed E-state index contributed by atoms with van der Waals surface area (Å²) < 4.78 is 13.8. The minimum absolute atomic E-state index is 0.104. The Morgan fingerprint density at radius 3 is 2.68 bits per heavy atom. The van der Waals surface area contributed by atoms with Crippen LogP contribution >= 0.6 is 0 Å². The van der Waals surface area contributed by atoms with Crippen LogP contribution in [0.5, 0.6) is 0 Å². The number of carbonyl (C=O) groups is 2. The van der Waals surface area contributed by atoms with Crippen LogP contribution in [0.3, 0.4) is 0 Å². The maximum atomic E-state index is 13.8. The van der Waals surface area contributed by atoms with Gasteiger partial charge in [-0.3, -0.25) is 9.59 Å². The fourth-order valence-corrected chi connectivity index (χ4v) is 5.47. The summed E-state index contributed by atoms with van der Waals surface area (Å²) in [4.78, 5) is 29.7. The van der Waals surface area contributed by atoms with E-state index in [9.17, 15) is 14.0 Å². The number of hydrogen-bond donors (Lipinski definition) is 1.